The summed E-state index contributed by atoms with van der Waals surface area (Å²) < 4.78 is 7.59. The van der Waals surface area contributed by atoms with E-state index >= 15 is 0 Å². The van der Waals surface area contributed by atoms with Crippen LogP contribution in [0.3, 0.4) is 0 Å². The van der Waals surface area contributed by atoms with Crippen LogP contribution in [0.5, 0.6) is 0 Å². The average Bonchev–Trinajstić information content (AvgIpc) is 3.52. The molecule has 3 aromatic heterocycles. The van der Waals surface area contributed by atoms with Gasteiger partial charge in [0.05, 0.1) is 5.56 Å². The predicted molar refractivity (Wildman–Crippen MR) is 134 cm³/mol. The number of nitriles is 1. The number of hydrogen-bond acceptors (Lipinski definition) is 11. The summed E-state index contributed by atoms with van der Waals surface area (Å²) >= 11 is 2.22. The number of thioether (sulfide) groups is 1. The summed E-state index contributed by atoms with van der Waals surface area (Å²) in [5.74, 6) is -2.25. The highest BCUT2D eigenvalue weighted by Gasteiger charge is 2.54. The van der Waals surface area contributed by atoms with E-state index < -0.39 is 29.2 Å². The molecule has 2 amide bonds. The van der Waals surface area contributed by atoms with Gasteiger partial charge in [0.25, 0.3) is 17.5 Å². The van der Waals surface area contributed by atoms with Crippen molar-refractivity contribution in [1.82, 2.24) is 24.0 Å². The van der Waals surface area contributed by atoms with Gasteiger partial charge in [-0.3, -0.25) is 14.5 Å². The highest BCUT2D eigenvalue weighted by molar-refractivity contribution is 8.00. The molecule has 0 radical (unpaired) electrons. The monoisotopic (exact) mass is 554 g/mol. The fourth-order valence-electron chi connectivity index (χ4n) is 4.17. The number of carbonyl (C=O) groups excluding carboxylic acids is 2. The number of oxime groups is 1. The first-order valence-electron chi connectivity index (χ1n) is 11.2. The normalized spacial score (nSPS) is 19.1. The van der Waals surface area contributed by atoms with Crippen LogP contribution in [0.4, 0.5) is 5.13 Å². The second kappa shape index (κ2) is 10.1. The maximum Gasteiger partial charge on any atom is 0.352 e. The molecule has 194 valence electrons. The summed E-state index contributed by atoms with van der Waals surface area (Å²) in [7, 11) is 0. The zero-order valence-electron chi connectivity index (χ0n) is 19.8. The lowest BCUT2D eigenvalue weighted by atomic mass is 10.0. The van der Waals surface area contributed by atoms with Crippen LogP contribution in [0.1, 0.15) is 18.3 Å². The van der Waals surface area contributed by atoms with Crippen LogP contribution in [0.15, 0.2) is 47.1 Å². The topological polar surface area (TPSA) is 192 Å². The van der Waals surface area contributed by atoms with E-state index in [1.165, 1.54) is 16.7 Å². The van der Waals surface area contributed by atoms with Crippen molar-refractivity contribution >= 4 is 57.6 Å². The lowest BCUT2D eigenvalue weighted by Gasteiger charge is -2.49. The number of pyridine rings is 1. The molecule has 14 nitrogen and oxygen atoms in total. The number of aliphatic carboxylic acids is 1. The minimum Gasteiger partial charge on any atom is -0.477 e. The molecule has 0 aliphatic carbocycles. The number of nitrogen functional groups attached to an aromatic ring is 1. The molecular formula is C22H20N9O5S2+. The minimum absolute atomic E-state index is 0.0366. The third-order valence-corrected chi connectivity index (χ3v) is 7.72. The van der Waals surface area contributed by atoms with Crippen molar-refractivity contribution in [2.75, 3.05) is 18.1 Å². The number of aromatic nitrogens is 4. The van der Waals surface area contributed by atoms with Crippen molar-refractivity contribution in [3.05, 3.63) is 53.4 Å². The highest BCUT2D eigenvalue weighted by Crippen LogP contribution is 2.40. The number of rotatable bonds is 8. The summed E-state index contributed by atoms with van der Waals surface area (Å²) in [5.41, 5.74) is 7.06. The second-order valence-corrected chi connectivity index (χ2v) is 10.0. The minimum atomic E-state index is -1.24. The molecule has 0 saturated carbocycles. The third kappa shape index (κ3) is 4.41. The fourth-order valence-corrected chi connectivity index (χ4v) is 5.94. The van der Waals surface area contributed by atoms with Gasteiger partial charge in [-0.05, 0) is 13.0 Å². The van der Waals surface area contributed by atoms with Crippen molar-refractivity contribution in [3.8, 4) is 6.07 Å². The molecular weight excluding hydrogens is 534 g/mol. The smallest absolute Gasteiger partial charge is 0.352 e. The first-order valence-corrected chi connectivity index (χ1v) is 13.0. The molecule has 38 heavy (non-hydrogen) atoms. The molecule has 4 N–H and O–H groups in total. The lowest BCUT2D eigenvalue weighted by molar-refractivity contribution is -0.662. The first-order chi connectivity index (χ1) is 18.3. The zero-order valence-corrected chi connectivity index (χ0v) is 21.4. The van der Waals surface area contributed by atoms with Gasteiger partial charge in [0.15, 0.2) is 5.13 Å². The van der Waals surface area contributed by atoms with E-state index in [0.717, 1.165) is 17.2 Å². The fraction of sp³-hybridized carbons (Fsp3) is 0.273. The molecule has 0 aromatic carbocycles. The Morgan fingerprint density at radius 1 is 1.45 bits per heavy atom. The summed E-state index contributed by atoms with van der Waals surface area (Å²) in [5, 5.41) is 25.0. The van der Waals surface area contributed by atoms with Gasteiger partial charge >= 0.3 is 5.97 Å². The number of β-lactam (4-membered cyclic amide) rings is 1. The van der Waals surface area contributed by atoms with Crippen LogP contribution in [-0.2, 0) is 25.8 Å². The molecule has 2 aliphatic heterocycles. The Hall–Kier alpha value is -4.49. The van der Waals surface area contributed by atoms with E-state index in [-0.39, 0.29) is 35.5 Å². The van der Waals surface area contributed by atoms with E-state index in [4.69, 9.17) is 15.8 Å². The Morgan fingerprint density at radius 2 is 2.26 bits per heavy atom. The number of carboxylic acid groups (broad SMARTS) is 1. The summed E-state index contributed by atoms with van der Waals surface area (Å²) in [6, 6.07) is 4.55. The quantitative estimate of drug-likeness (QED) is 0.144. The maximum absolute atomic E-state index is 13.1. The number of nitrogens with one attached hydrogen (secondary N) is 1. The van der Waals surface area contributed by atoms with Gasteiger partial charge in [-0.1, -0.05) is 5.16 Å². The molecule has 16 heteroatoms. The van der Waals surface area contributed by atoms with Gasteiger partial charge < -0.3 is 21.0 Å². The van der Waals surface area contributed by atoms with Crippen LogP contribution in [0, 0.1) is 11.3 Å². The standard InChI is InChI=1S/C22H19N9O5S2/c1-2-36-27-14(17-26-22(24)38-28-17)18(32)25-15-19(33)31-16(21(34)35)12(10-37-20(15)31)9-30-6-5-29-8-11(7-23)3-4-13(29)30/h3-6,8,15,20H,2,9-10H2,1H3,(H3-,24,25,26,28,32,34,35)/p+1/b27-14+/t15-,20-/m1/s1. The number of carboxylic acids is 1. The van der Waals surface area contributed by atoms with Gasteiger partial charge in [0.1, 0.15) is 54.9 Å². The van der Waals surface area contributed by atoms with Crippen LogP contribution >= 0.6 is 23.3 Å². The maximum atomic E-state index is 13.1. The van der Waals surface area contributed by atoms with Crippen LogP contribution < -0.4 is 15.6 Å². The lowest BCUT2D eigenvalue weighted by Crippen LogP contribution is -2.71. The molecule has 1 saturated heterocycles. The second-order valence-electron chi connectivity index (χ2n) is 8.15. The molecule has 0 unspecified atom stereocenters. The number of fused-ring (bicyclic) bond motifs is 2. The number of amides is 2. The van der Waals surface area contributed by atoms with Crippen molar-refractivity contribution in [3.63, 3.8) is 0 Å². The summed E-state index contributed by atoms with van der Waals surface area (Å²) in [4.78, 5) is 48.5. The number of anilines is 1. The van der Waals surface area contributed by atoms with E-state index in [2.05, 4.69) is 25.9 Å². The molecule has 0 bridgehead atoms. The summed E-state index contributed by atoms with van der Waals surface area (Å²) in [6.45, 7) is 2.10. The third-order valence-electron chi connectivity index (χ3n) is 5.84. The SMILES string of the molecule is CCO/N=C(/C(=O)N[C@@H]1C(=O)N2C(C(=O)O)=C(C[n+]3ccn4cc(C#N)ccc43)CS[C@H]12)c1nsc(N)n1. The number of nitrogens with zero attached hydrogens (tertiary/aromatic N) is 7. The van der Waals surface area contributed by atoms with Crippen molar-refractivity contribution in [1.29, 1.82) is 5.26 Å². The molecule has 5 heterocycles. The average molecular weight is 555 g/mol. The Labute approximate surface area is 223 Å². The molecule has 1 fully saturated rings. The van der Waals surface area contributed by atoms with E-state index in [0.29, 0.717) is 16.9 Å². The van der Waals surface area contributed by atoms with Crippen LogP contribution in [-0.4, -0.2) is 71.0 Å². The Kier molecular flexibility index (Phi) is 6.70. The van der Waals surface area contributed by atoms with E-state index in [1.54, 1.807) is 42.0 Å². The van der Waals surface area contributed by atoms with E-state index in [9.17, 15) is 19.5 Å². The number of nitrogens with two attached hydrogens (primary N) is 1. The number of carbonyl (C=O) groups is 3. The van der Waals surface area contributed by atoms with Gasteiger partial charge in [-0.25, -0.2) is 13.8 Å². The molecule has 2 aliphatic rings. The van der Waals surface area contributed by atoms with Crippen LogP contribution in [0.2, 0.25) is 0 Å². The predicted octanol–water partition coefficient (Wildman–Crippen LogP) is -0.288. The largest absolute Gasteiger partial charge is 0.477 e. The van der Waals surface area contributed by atoms with Gasteiger partial charge in [-0.2, -0.15) is 14.6 Å². The molecule has 0 spiro atoms. The van der Waals surface area contributed by atoms with Crippen LogP contribution in [0.25, 0.3) is 5.65 Å². The molecule has 5 rings (SSSR count). The van der Waals surface area contributed by atoms with Crippen molar-refractivity contribution in [2.45, 2.75) is 24.9 Å². The van der Waals surface area contributed by atoms with Crippen molar-refractivity contribution < 1.29 is 28.9 Å². The molecule has 2 atom stereocenters. The number of imidazole rings is 1. The Balaban J connectivity index is 1.37. The number of hydrogen-bond donors (Lipinski definition) is 3. The van der Waals surface area contributed by atoms with Gasteiger partial charge in [0.2, 0.25) is 11.5 Å². The van der Waals surface area contributed by atoms with Crippen molar-refractivity contribution in [2.24, 2.45) is 5.16 Å². The highest BCUT2D eigenvalue weighted by atomic mass is 32.2. The summed E-state index contributed by atoms with van der Waals surface area (Å²) in [6.07, 6.45) is 5.22. The zero-order chi connectivity index (χ0) is 27.0. The van der Waals surface area contributed by atoms with Gasteiger partial charge in [0, 0.05) is 28.9 Å². The Bertz CT molecular complexity index is 1570. The Morgan fingerprint density at radius 3 is 2.95 bits per heavy atom. The van der Waals surface area contributed by atoms with Gasteiger partial charge in [-0.15, -0.1) is 11.8 Å². The van der Waals surface area contributed by atoms with E-state index in [1.807, 2.05) is 4.57 Å². The molecule has 3 aromatic rings. The first kappa shape index (κ1) is 25.2.